The minimum absolute atomic E-state index is 0.249. The van der Waals surface area contributed by atoms with Gasteiger partial charge < -0.3 is 19.0 Å². The van der Waals surface area contributed by atoms with Gasteiger partial charge in [-0.25, -0.2) is 4.98 Å². The first-order valence-electron chi connectivity index (χ1n) is 8.85. The first-order valence-corrected chi connectivity index (χ1v) is 8.85. The van der Waals surface area contributed by atoms with Crippen LogP contribution < -0.4 is 10.1 Å². The molecule has 4 aromatic rings. The molecule has 0 aliphatic carbocycles. The van der Waals surface area contributed by atoms with Crippen molar-refractivity contribution in [2.75, 3.05) is 0 Å². The molecule has 3 heterocycles. The topological polar surface area (TPSA) is 94.5 Å². The normalized spacial score (nSPS) is 12.1. The highest BCUT2D eigenvalue weighted by atomic mass is 16.5. The standard InChI is InChI=1S/C20H19N5O3/c1-13(20-22-14(2)24-28-20)21-19(26)15-6-5-7-17(10-15)27-12-16-11-25-9-4-3-8-18(25)23-16/h3-11,13H,12H2,1-2H3,(H,21,26). The molecule has 0 bridgehead atoms. The van der Waals surface area contributed by atoms with Gasteiger partial charge in [-0.1, -0.05) is 17.3 Å². The molecule has 0 saturated carbocycles. The number of amides is 1. The van der Waals surface area contributed by atoms with Crippen molar-refractivity contribution in [2.24, 2.45) is 0 Å². The van der Waals surface area contributed by atoms with Crippen LogP contribution in [0.15, 0.2) is 59.4 Å². The second kappa shape index (κ2) is 7.51. The number of carbonyl (C=O) groups is 1. The Balaban J connectivity index is 1.41. The molecule has 1 N–H and O–H groups in total. The van der Waals surface area contributed by atoms with Gasteiger partial charge in [0, 0.05) is 18.0 Å². The summed E-state index contributed by atoms with van der Waals surface area (Å²) >= 11 is 0. The zero-order valence-corrected chi connectivity index (χ0v) is 15.5. The Hall–Kier alpha value is -3.68. The van der Waals surface area contributed by atoms with Crippen molar-refractivity contribution in [3.05, 3.63) is 77.8 Å². The molecule has 142 valence electrons. The maximum atomic E-state index is 12.5. The smallest absolute Gasteiger partial charge is 0.252 e. The molecule has 8 heteroatoms. The van der Waals surface area contributed by atoms with Crippen LogP contribution in [0.1, 0.15) is 40.7 Å². The molecule has 0 aliphatic heterocycles. The van der Waals surface area contributed by atoms with Gasteiger partial charge in [0.05, 0.1) is 5.69 Å². The minimum atomic E-state index is -0.392. The predicted octanol–water partition coefficient (Wildman–Crippen LogP) is 3.10. The molecule has 28 heavy (non-hydrogen) atoms. The van der Waals surface area contributed by atoms with Crippen LogP contribution in [-0.4, -0.2) is 25.4 Å². The largest absolute Gasteiger partial charge is 0.487 e. The van der Waals surface area contributed by atoms with E-state index in [0.29, 0.717) is 29.6 Å². The average Bonchev–Trinajstić information content (AvgIpc) is 3.32. The van der Waals surface area contributed by atoms with E-state index in [9.17, 15) is 4.79 Å². The van der Waals surface area contributed by atoms with E-state index < -0.39 is 6.04 Å². The Bertz CT molecular complexity index is 1080. The van der Waals surface area contributed by atoms with Gasteiger partial charge in [0.15, 0.2) is 5.82 Å². The number of hydrogen-bond acceptors (Lipinski definition) is 6. The number of ether oxygens (including phenoxy) is 1. The quantitative estimate of drug-likeness (QED) is 0.555. The molecule has 0 spiro atoms. The number of nitrogens with one attached hydrogen (secondary N) is 1. The predicted molar refractivity (Wildman–Crippen MR) is 101 cm³/mol. The summed E-state index contributed by atoms with van der Waals surface area (Å²) in [5, 5.41) is 6.57. The first kappa shape index (κ1) is 17.7. The fourth-order valence-corrected chi connectivity index (χ4v) is 2.77. The van der Waals surface area contributed by atoms with Gasteiger partial charge in [-0.3, -0.25) is 4.79 Å². The van der Waals surface area contributed by atoms with Gasteiger partial charge in [0.25, 0.3) is 5.91 Å². The number of aromatic nitrogens is 4. The maximum Gasteiger partial charge on any atom is 0.252 e. The van der Waals surface area contributed by atoms with E-state index in [-0.39, 0.29) is 5.91 Å². The maximum absolute atomic E-state index is 12.5. The molecule has 8 nitrogen and oxygen atoms in total. The summed E-state index contributed by atoms with van der Waals surface area (Å²) < 4.78 is 12.8. The van der Waals surface area contributed by atoms with Crippen LogP contribution in [0.5, 0.6) is 5.75 Å². The van der Waals surface area contributed by atoms with E-state index >= 15 is 0 Å². The number of nitrogens with zero attached hydrogens (tertiary/aromatic N) is 4. The summed E-state index contributed by atoms with van der Waals surface area (Å²) in [6, 6.07) is 12.4. The van der Waals surface area contributed by atoms with Gasteiger partial charge in [-0.05, 0) is 44.2 Å². The van der Waals surface area contributed by atoms with Crippen LogP contribution in [0.3, 0.4) is 0 Å². The van der Waals surface area contributed by atoms with Crippen LogP contribution in [0, 0.1) is 6.92 Å². The van der Waals surface area contributed by atoms with Crippen LogP contribution >= 0.6 is 0 Å². The molecule has 0 saturated heterocycles. The fourth-order valence-electron chi connectivity index (χ4n) is 2.77. The van der Waals surface area contributed by atoms with E-state index in [1.807, 2.05) is 35.0 Å². The number of aryl methyl sites for hydroxylation is 1. The van der Waals surface area contributed by atoms with Gasteiger partial charge in [0.2, 0.25) is 5.89 Å². The number of imidazole rings is 1. The van der Waals surface area contributed by atoms with Crippen LogP contribution in [0.2, 0.25) is 0 Å². The van der Waals surface area contributed by atoms with Gasteiger partial charge in [0.1, 0.15) is 24.0 Å². The highest BCUT2D eigenvalue weighted by Crippen LogP contribution is 2.17. The molecule has 0 fully saturated rings. The van der Waals surface area contributed by atoms with E-state index in [1.54, 1.807) is 38.1 Å². The molecular formula is C20H19N5O3. The number of pyridine rings is 1. The van der Waals surface area contributed by atoms with E-state index in [2.05, 4.69) is 20.4 Å². The zero-order chi connectivity index (χ0) is 19.5. The highest BCUT2D eigenvalue weighted by molar-refractivity contribution is 5.94. The summed E-state index contributed by atoms with van der Waals surface area (Å²) in [5.41, 5.74) is 2.15. The van der Waals surface area contributed by atoms with Crippen molar-refractivity contribution in [3.63, 3.8) is 0 Å². The van der Waals surface area contributed by atoms with Crippen LogP contribution in [0.4, 0.5) is 0 Å². The van der Waals surface area contributed by atoms with E-state index in [0.717, 1.165) is 11.3 Å². The third-order valence-corrected chi connectivity index (χ3v) is 4.16. The lowest BCUT2D eigenvalue weighted by Gasteiger charge is -2.11. The third kappa shape index (κ3) is 3.85. The fraction of sp³-hybridized carbons (Fsp3) is 0.200. The summed E-state index contributed by atoms with van der Waals surface area (Å²) in [5.74, 6) is 1.23. The van der Waals surface area contributed by atoms with Crippen molar-refractivity contribution in [3.8, 4) is 5.75 Å². The summed E-state index contributed by atoms with van der Waals surface area (Å²) in [4.78, 5) is 21.1. The molecule has 1 atom stereocenters. The Kier molecular flexibility index (Phi) is 4.76. The van der Waals surface area contributed by atoms with Crippen molar-refractivity contribution in [1.82, 2.24) is 24.8 Å². The summed E-state index contributed by atoms with van der Waals surface area (Å²) in [6.07, 6.45) is 3.85. The average molecular weight is 377 g/mol. The van der Waals surface area contributed by atoms with Gasteiger partial charge in [-0.15, -0.1) is 0 Å². The number of carbonyl (C=O) groups excluding carboxylic acids is 1. The lowest BCUT2D eigenvalue weighted by Crippen LogP contribution is -2.26. The molecule has 1 amide bonds. The molecule has 3 aromatic heterocycles. The molecule has 4 rings (SSSR count). The Morgan fingerprint density at radius 1 is 1.25 bits per heavy atom. The van der Waals surface area contributed by atoms with E-state index in [1.165, 1.54) is 0 Å². The summed E-state index contributed by atoms with van der Waals surface area (Å²) in [6.45, 7) is 3.82. The Morgan fingerprint density at radius 3 is 2.93 bits per heavy atom. The van der Waals surface area contributed by atoms with Crippen molar-refractivity contribution >= 4 is 11.6 Å². The number of benzene rings is 1. The van der Waals surface area contributed by atoms with Crippen molar-refractivity contribution < 1.29 is 14.1 Å². The van der Waals surface area contributed by atoms with Gasteiger partial charge in [-0.2, -0.15) is 4.98 Å². The zero-order valence-electron chi connectivity index (χ0n) is 15.5. The Labute approximate surface area is 161 Å². The minimum Gasteiger partial charge on any atom is -0.487 e. The lowest BCUT2D eigenvalue weighted by atomic mass is 10.2. The van der Waals surface area contributed by atoms with E-state index in [4.69, 9.17) is 9.26 Å². The molecule has 1 aromatic carbocycles. The SMILES string of the molecule is Cc1noc(C(C)NC(=O)c2cccc(OCc3cn4ccccc4n3)c2)n1. The van der Waals surface area contributed by atoms with Crippen molar-refractivity contribution in [1.29, 1.82) is 0 Å². The lowest BCUT2D eigenvalue weighted by molar-refractivity contribution is 0.0932. The third-order valence-electron chi connectivity index (χ3n) is 4.16. The molecule has 1 unspecified atom stereocenters. The Morgan fingerprint density at radius 2 is 2.14 bits per heavy atom. The number of fused-ring (bicyclic) bond motifs is 1. The van der Waals surface area contributed by atoms with Gasteiger partial charge >= 0.3 is 0 Å². The van der Waals surface area contributed by atoms with Crippen LogP contribution in [-0.2, 0) is 6.61 Å². The molecule has 0 radical (unpaired) electrons. The first-order chi connectivity index (χ1) is 13.6. The second-order valence-electron chi connectivity index (χ2n) is 6.39. The van der Waals surface area contributed by atoms with Crippen LogP contribution in [0.25, 0.3) is 5.65 Å². The summed E-state index contributed by atoms with van der Waals surface area (Å²) in [7, 11) is 0. The number of hydrogen-bond donors (Lipinski definition) is 1. The van der Waals surface area contributed by atoms with Crippen molar-refractivity contribution in [2.45, 2.75) is 26.5 Å². The molecular weight excluding hydrogens is 358 g/mol. The second-order valence-corrected chi connectivity index (χ2v) is 6.39. The highest BCUT2D eigenvalue weighted by Gasteiger charge is 2.17. The number of rotatable bonds is 6. The molecule has 0 aliphatic rings. The monoisotopic (exact) mass is 377 g/mol.